The molecule has 1 aliphatic rings. The fourth-order valence-electron chi connectivity index (χ4n) is 3.02. The molecule has 0 amide bonds. The molecular weight excluding hydrogens is 318 g/mol. The molecule has 2 heterocycles. The lowest BCUT2D eigenvalue weighted by Gasteiger charge is -2.26. The van der Waals surface area contributed by atoms with Crippen LogP contribution in [0.4, 0.5) is 11.5 Å². The SMILES string of the molecule is COc1cc(OC)cc(N2CCC(N(C)c3cnc(C#N)cn3)C2)c1. The molecule has 1 saturated heterocycles. The molecular formula is C18H21N5O2. The minimum atomic E-state index is 0.319. The minimum Gasteiger partial charge on any atom is -0.497 e. The fourth-order valence-corrected chi connectivity index (χ4v) is 3.02. The van der Waals surface area contributed by atoms with Gasteiger partial charge in [0.1, 0.15) is 23.4 Å². The Morgan fingerprint density at radius 2 is 1.88 bits per heavy atom. The molecule has 1 aromatic carbocycles. The molecule has 0 spiro atoms. The van der Waals surface area contributed by atoms with Gasteiger partial charge in [0.25, 0.3) is 0 Å². The molecule has 0 saturated carbocycles. The summed E-state index contributed by atoms with van der Waals surface area (Å²) < 4.78 is 10.7. The van der Waals surface area contributed by atoms with Crippen molar-refractivity contribution in [2.75, 3.05) is 44.2 Å². The van der Waals surface area contributed by atoms with Gasteiger partial charge in [-0.3, -0.25) is 0 Å². The maximum Gasteiger partial charge on any atom is 0.158 e. The maximum absolute atomic E-state index is 8.83. The second-order valence-corrected chi connectivity index (χ2v) is 5.94. The average Bonchev–Trinajstić information content (AvgIpc) is 3.17. The van der Waals surface area contributed by atoms with Crippen molar-refractivity contribution in [1.29, 1.82) is 5.26 Å². The highest BCUT2D eigenvalue weighted by Crippen LogP contribution is 2.31. The molecule has 7 nitrogen and oxygen atoms in total. The van der Waals surface area contributed by atoms with Crippen LogP contribution in [0.5, 0.6) is 11.5 Å². The van der Waals surface area contributed by atoms with E-state index in [4.69, 9.17) is 14.7 Å². The second kappa shape index (κ2) is 7.26. The van der Waals surface area contributed by atoms with Gasteiger partial charge in [-0.05, 0) is 6.42 Å². The van der Waals surface area contributed by atoms with Gasteiger partial charge in [-0.15, -0.1) is 0 Å². The first-order valence-electron chi connectivity index (χ1n) is 8.07. The van der Waals surface area contributed by atoms with E-state index >= 15 is 0 Å². The summed E-state index contributed by atoms with van der Waals surface area (Å²) in [4.78, 5) is 12.9. The van der Waals surface area contributed by atoms with E-state index in [1.165, 1.54) is 6.20 Å². The first-order valence-corrected chi connectivity index (χ1v) is 8.07. The van der Waals surface area contributed by atoms with E-state index in [2.05, 4.69) is 19.8 Å². The summed E-state index contributed by atoms with van der Waals surface area (Å²) in [5.74, 6) is 2.34. The Hall–Kier alpha value is -3.01. The Morgan fingerprint density at radius 1 is 1.16 bits per heavy atom. The predicted molar refractivity (Wildman–Crippen MR) is 95.3 cm³/mol. The van der Waals surface area contributed by atoms with Crippen molar-refractivity contribution in [3.05, 3.63) is 36.3 Å². The van der Waals surface area contributed by atoms with E-state index in [0.29, 0.717) is 11.7 Å². The molecule has 3 rings (SSSR count). The number of anilines is 2. The van der Waals surface area contributed by atoms with E-state index in [0.717, 1.165) is 42.5 Å². The number of benzene rings is 1. The highest BCUT2D eigenvalue weighted by atomic mass is 16.5. The first kappa shape index (κ1) is 16.8. The molecule has 25 heavy (non-hydrogen) atoms. The first-order chi connectivity index (χ1) is 12.1. The van der Waals surface area contributed by atoms with Gasteiger partial charge in [0.2, 0.25) is 0 Å². The van der Waals surface area contributed by atoms with Gasteiger partial charge in [-0.25, -0.2) is 9.97 Å². The highest BCUT2D eigenvalue weighted by Gasteiger charge is 2.27. The Morgan fingerprint density at radius 3 is 2.44 bits per heavy atom. The summed E-state index contributed by atoms with van der Waals surface area (Å²) in [6.45, 7) is 1.81. The number of ether oxygens (including phenoxy) is 2. The fraction of sp³-hybridized carbons (Fsp3) is 0.389. The summed E-state index contributed by atoms with van der Waals surface area (Å²) in [6.07, 6.45) is 4.17. The zero-order valence-corrected chi connectivity index (χ0v) is 14.6. The van der Waals surface area contributed by atoms with Crippen LogP contribution in [0.3, 0.4) is 0 Å². The van der Waals surface area contributed by atoms with Gasteiger partial charge in [0.15, 0.2) is 5.69 Å². The zero-order valence-electron chi connectivity index (χ0n) is 14.6. The van der Waals surface area contributed by atoms with Crippen LogP contribution in [0.1, 0.15) is 12.1 Å². The van der Waals surface area contributed by atoms with Crippen molar-refractivity contribution in [1.82, 2.24) is 9.97 Å². The number of nitrogens with zero attached hydrogens (tertiary/aromatic N) is 5. The maximum atomic E-state index is 8.83. The molecule has 2 aromatic rings. The predicted octanol–water partition coefficient (Wildman–Crippen LogP) is 2.08. The molecule has 1 aromatic heterocycles. The van der Waals surface area contributed by atoms with Gasteiger partial charge in [-0.2, -0.15) is 5.26 Å². The summed E-state index contributed by atoms with van der Waals surface area (Å²) in [6, 6.07) is 8.22. The topological polar surface area (TPSA) is 74.5 Å². The standard InChI is InChI=1S/C18H21N5O2/c1-22(18-11-20-13(9-19)10-21-18)14-4-5-23(12-14)15-6-16(24-2)8-17(7-15)25-3/h6-8,10-11,14H,4-5,12H2,1-3H3. The number of nitriles is 1. The van der Waals surface area contributed by atoms with Crippen LogP contribution in [-0.4, -0.2) is 50.4 Å². The van der Waals surface area contributed by atoms with E-state index < -0.39 is 0 Å². The van der Waals surface area contributed by atoms with E-state index in [-0.39, 0.29) is 0 Å². The lowest BCUT2D eigenvalue weighted by atomic mass is 10.2. The van der Waals surface area contributed by atoms with Crippen LogP contribution in [0.25, 0.3) is 0 Å². The summed E-state index contributed by atoms with van der Waals surface area (Å²) in [5.41, 5.74) is 1.41. The van der Waals surface area contributed by atoms with E-state index in [1.807, 2.05) is 31.3 Å². The Bertz CT molecular complexity index is 750. The summed E-state index contributed by atoms with van der Waals surface area (Å²) in [7, 11) is 5.32. The summed E-state index contributed by atoms with van der Waals surface area (Å²) >= 11 is 0. The van der Waals surface area contributed by atoms with Crippen molar-refractivity contribution >= 4 is 11.5 Å². The quantitative estimate of drug-likeness (QED) is 0.825. The van der Waals surface area contributed by atoms with Crippen molar-refractivity contribution in [2.45, 2.75) is 12.5 Å². The molecule has 1 fully saturated rings. The highest BCUT2D eigenvalue weighted by molar-refractivity contribution is 5.57. The van der Waals surface area contributed by atoms with Crippen molar-refractivity contribution in [2.24, 2.45) is 0 Å². The number of rotatable bonds is 5. The van der Waals surface area contributed by atoms with Gasteiger partial charge < -0.3 is 19.3 Å². The third-order valence-electron chi connectivity index (χ3n) is 4.53. The van der Waals surface area contributed by atoms with Crippen LogP contribution in [-0.2, 0) is 0 Å². The third kappa shape index (κ3) is 3.58. The lowest BCUT2D eigenvalue weighted by molar-refractivity contribution is 0.394. The molecule has 1 unspecified atom stereocenters. The van der Waals surface area contributed by atoms with E-state index in [9.17, 15) is 0 Å². The molecule has 1 aliphatic heterocycles. The third-order valence-corrected chi connectivity index (χ3v) is 4.53. The van der Waals surface area contributed by atoms with Gasteiger partial charge in [-0.1, -0.05) is 0 Å². The van der Waals surface area contributed by atoms with Crippen LogP contribution in [0, 0.1) is 11.3 Å². The van der Waals surface area contributed by atoms with Crippen molar-refractivity contribution < 1.29 is 9.47 Å². The number of methoxy groups -OCH3 is 2. The van der Waals surface area contributed by atoms with Crippen LogP contribution in [0.15, 0.2) is 30.6 Å². The largest absolute Gasteiger partial charge is 0.497 e. The van der Waals surface area contributed by atoms with Gasteiger partial charge in [0, 0.05) is 50.1 Å². The molecule has 1 atom stereocenters. The number of likely N-dealkylation sites (N-methyl/N-ethyl adjacent to an activating group) is 1. The lowest BCUT2D eigenvalue weighted by Crippen LogP contribution is -2.35. The second-order valence-electron chi connectivity index (χ2n) is 5.94. The smallest absolute Gasteiger partial charge is 0.158 e. The monoisotopic (exact) mass is 339 g/mol. The Labute approximate surface area is 147 Å². The summed E-state index contributed by atoms with van der Waals surface area (Å²) in [5, 5.41) is 8.83. The zero-order chi connectivity index (χ0) is 17.8. The molecule has 0 N–H and O–H groups in total. The Kier molecular flexibility index (Phi) is 4.89. The van der Waals surface area contributed by atoms with Gasteiger partial charge in [0.05, 0.1) is 26.6 Å². The van der Waals surface area contributed by atoms with Crippen LogP contribution >= 0.6 is 0 Å². The molecule has 0 radical (unpaired) electrons. The normalized spacial score (nSPS) is 16.4. The van der Waals surface area contributed by atoms with Crippen LogP contribution < -0.4 is 19.3 Å². The number of hydrogen-bond acceptors (Lipinski definition) is 7. The molecule has 0 aliphatic carbocycles. The minimum absolute atomic E-state index is 0.319. The Balaban J connectivity index is 1.73. The molecule has 0 bridgehead atoms. The molecule has 7 heteroatoms. The average molecular weight is 339 g/mol. The van der Waals surface area contributed by atoms with E-state index in [1.54, 1.807) is 20.4 Å². The van der Waals surface area contributed by atoms with Crippen molar-refractivity contribution in [3.8, 4) is 17.6 Å². The molecule has 130 valence electrons. The van der Waals surface area contributed by atoms with Crippen molar-refractivity contribution in [3.63, 3.8) is 0 Å². The van der Waals surface area contributed by atoms with Crippen LogP contribution in [0.2, 0.25) is 0 Å². The number of aromatic nitrogens is 2. The van der Waals surface area contributed by atoms with Gasteiger partial charge >= 0.3 is 0 Å². The number of hydrogen-bond donors (Lipinski definition) is 0.